The van der Waals surface area contributed by atoms with Crippen molar-refractivity contribution in [2.45, 2.75) is 31.7 Å². The van der Waals surface area contributed by atoms with E-state index in [2.05, 4.69) is 21.2 Å². The van der Waals surface area contributed by atoms with Crippen molar-refractivity contribution in [2.75, 3.05) is 20.2 Å². The van der Waals surface area contributed by atoms with Crippen LogP contribution in [0.5, 0.6) is 5.75 Å². The Morgan fingerprint density at radius 1 is 1.21 bits per heavy atom. The minimum atomic E-state index is -3.88. The van der Waals surface area contributed by atoms with Crippen LogP contribution in [0.1, 0.15) is 31.0 Å². The van der Waals surface area contributed by atoms with Crippen LogP contribution in [0.4, 0.5) is 0 Å². The summed E-state index contributed by atoms with van der Waals surface area (Å²) in [6.07, 6.45) is 0. The van der Waals surface area contributed by atoms with E-state index in [-0.39, 0.29) is 35.7 Å². The van der Waals surface area contributed by atoms with Crippen molar-refractivity contribution in [3.05, 3.63) is 58.1 Å². The lowest BCUT2D eigenvalue weighted by Crippen LogP contribution is -2.41. The molecule has 0 spiro atoms. The highest BCUT2D eigenvalue weighted by molar-refractivity contribution is 9.10. The number of rotatable bonds is 8. The molecule has 2 aromatic rings. The van der Waals surface area contributed by atoms with Crippen molar-refractivity contribution < 1.29 is 17.9 Å². The lowest BCUT2D eigenvalue weighted by molar-refractivity contribution is -0.121. The summed E-state index contributed by atoms with van der Waals surface area (Å²) in [7, 11) is -2.45. The lowest BCUT2D eigenvalue weighted by Gasteiger charge is -2.23. The highest BCUT2D eigenvalue weighted by atomic mass is 79.9. The standard InChI is InChI=1S/C20H25BrN2O4S/c1-5-23(28(25,26)19-12-14(2)6-11-18(19)27-4)13-20(24)22-15(3)16-7-9-17(21)10-8-16/h6-12,15H,5,13H2,1-4H3,(H,22,24)/t15-/m0/s1. The van der Waals surface area contributed by atoms with Crippen molar-refractivity contribution >= 4 is 31.9 Å². The smallest absolute Gasteiger partial charge is 0.247 e. The molecule has 1 N–H and O–H groups in total. The van der Waals surface area contributed by atoms with E-state index in [1.807, 2.05) is 31.2 Å². The summed E-state index contributed by atoms with van der Waals surface area (Å²) in [6.45, 7) is 5.26. The molecule has 0 saturated carbocycles. The number of carbonyl (C=O) groups is 1. The number of amides is 1. The summed E-state index contributed by atoms with van der Waals surface area (Å²) in [5.41, 5.74) is 1.73. The maximum absolute atomic E-state index is 13.1. The van der Waals surface area contributed by atoms with Gasteiger partial charge in [0, 0.05) is 11.0 Å². The van der Waals surface area contributed by atoms with Gasteiger partial charge in [-0.2, -0.15) is 4.31 Å². The third-order valence-electron chi connectivity index (χ3n) is 4.36. The van der Waals surface area contributed by atoms with E-state index < -0.39 is 10.0 Å². The normalized spacial score (nSPS) is 12.6. The summed E-state index contributed by atoms with van der Waals surface area (Å²) >= 11 is 3.38. The highest BCUT2D eigenvalue weighted by Crippen LogP contribution is 2.27. The first-order chi connectivity index (χ1) is 13.2. The largest absolute Gasteiger partial charge is 0.495 e. The summed E-state index contributed by atoms with van der Waals surface area (Å²) in [5, 5.41) is 2.85. The molecule has 0 heterocycles. The number of hydrogen-bond acceptors (Lipinski definition) is 4. The first-order valence-electron chi connectivity index (χ1n) is 8.88. The number of halogens is 1. The summed E-state index contributed by atoms with van der Waals surface area (Å²) in [6, 6.07) is 12.3. The van der Waals surface area contributed by atoms with Crippen LogP contribution in [-0.4, -0.2) is 38.8 Å². The number of likely N-dealkylation sites (N-methyl/N-ethyl adjacent to an activating group) is 1. The monoisotopic (exact) mass is 468 g/mol. The first-order valence-corrected chi connectivity index (χ1v) is 11.1. The molecule has 0 radical (unpaired) electrons. The van der Waals surface area contributed by atoms with Crippen molar-refractivity contribution in [1.29, 1.82) is 0 Å². The number of nitrogens with zero attached hydrogens (tertiary/aromatic N) is 1. The van der Waals surface area contributed by atoms with Gasteiger partial charge in [0.2, 0.25) is 15.9 Å². The Balaban J connectivity index is 2.17. The van der Waals surface area contributed by atoms with Gasteiger partial charge >= 0.3 is 0 Å². The Hall–Kier alpha value is -1.90. The zero-order chi connectivity index (χ0) is 20.9. The molecule has 0 aromatic heterocycles. The molecule has 2 aromatic carbocycles. The van der Waals surface area contributed by atoms with E-state index in [9.17, 15) is 13.2 Å². The fourth-order valence-corrected chi connectivity index (χ4v) is 4.68. The summed E-state index contributed by atoms with van der Waals surface area (Å²) in [5.74, 6) is -0.111. The Morgan fingerprint density at radius 3 is 2.43 bits per heavy atom. The average molecular weight is 469 g/mol. The molecule has 0 fully saturated rings. The van der Waals surface area contributed by atoms with E-state index in [1.165, 1.54) is 7.11 Å². The van der Waals surface area contributed by atoms with Gasteiger partial charge in [-0.3, -0.25) is 4.79 Å². The van der Waals surface area contributed by atoms with Gasteiger partial charge in [-0.15, -0.1) is 0 Å². The Labute approximate surface area is 175 Å². The minimum Gasteiger partial charge on any atom is -0.495 e. The average Bonchev–Trinajstić information content (AvgIpc) is 2.66. The molecule has 0 aliphatic rings. The number of sulfonamides is 1. The summed E-state index contributed by atoms with van der Waals surface area (Å²) in [4.78, 5) is 12.6. The number of methoxy groups -OCH3 is 1. The van der Waals surface area contributed by atoms with Crippen LogP contribution in [0.3, 0.4) is 0 Å². The van der Waals surface area contributed by atoms with Crippen LogP contribution in [-0.2, 0) is 14.8 Å². The molecule has 152 valence electrons. The lowest BCUT2D eigenvalue weighted by atomic mass is 10.1. The second-order valence-corrected chi connectivity index (χ2v) is 9.25. The van der Waals surface area contributed by atoms with Crippen molar-refractivity contribution in [1.82, 2.24) is 9.62 Å². The van der Waals surface area contributed by atoms with Gasteiger partial charge in [0.1, 0.15) is 10.6 Å². The van der Waals surface area contributed by atoms with Gasteiger partial charge in [0.15, 0.2) is 0 Å². The van der Waals surface area contributed by atoms with Crippen LogP contribution < -0.4 is 10.1 Å². The second-order valence-electron chi connectivity index (χ2n) is 6.43. The Bertz CT molecular complexity index is 930. The van der Waals surface area contributed by atoms with Crippen LogP contribution in [0.25, 0.3) is 0 Å². The molecule has 8 heteroatoms. The van der Waals surface area contributed by atoms with Crippen molar-refractivity contribution in [3.8, 4) is 5.75 Å². The predicted molar refractivity (Wildman–Crippen MR) is 113 cm³/mol. The molecule has 0 aliphatic carbocycles. The molecule has 6 nitrogen and oxygen atoms in total. The van der Waals surface area contributed by atoms with Gasteiger partial charge in [0.25, 0.3) is 0 Å². The van der Waals surface area contributed by atoms with Crippen LogP contribution in [0, 0.1) is 6.92 Å². The van der Waals surface area contributed by atoms with E-state index in [4.69, 9.17) is 4.74 Å². The molecule has 0 saturated heterocycles. The maximum Gasteiger partial charge on any atom is 0.247 e. The zero-order valence-corrected chi connectivity index (χ0v) is 18.8. The maximum atomic E-state index is 13.1. The summed E-state index contributed by atoms with van der Waals surface area (Å²) < 4.78 is 33.5. The number of aryl methyl sites for hydroxylation is 1. The number of hydrogen-bond donors (Lipinski definition) is 1. The molecule has 0 bridgehead atoms. The molecule has 1 amide bonds. The van der Waals surface area contributed by atoms with Crippen LogP contribution in [0.2, 0.25) is 0 Å². The molecular weight excluding hydrogens is 444 g/mol. The first kappa shape index (κ1) is 22.4. The van der Waals surface area contributed by atoms with Crippen LogP contribution >= 0.6 is 15.9 Å². The fourth-order valence-electron chi connectivity index (χ4n) is 2.77. The van der Waals surface area contributed by atoms with E-state index >= 15 is 0 Å². The molecule has 0 unspecified atom stereocenters. The molecule has 28 heavy (non-hydrogen) atoms. The van der Waals surface area contributed by atoms with Gasteiger partial charge in [-0.05, 0) is 49.2 Å². The van der Waals surface area contributed by atoms with Gasteiger partial charge < -0.3 is 10.1 Å². The highest BCUT2D eigenvalue weighted by Gasteiger charge is 2.28. The van der Waals surface area contributed by atoms with E-state index in [0.717, 1.165) is 19.9 Å². The van der Waals surface area contributed by atoms with E-state index in [1.54, 1.807) is 32.0 Å². The SMILES string of the molecule is CCN(CC(=O)N[C@@H](C)c1ccc(Br)cc1)S(=O)(=O)c1cc(C)ccc1OC. The zero-order valence-electron chi connectivity index (χ0n) is 16.4. The third kappa shape index (κ3) is 5.33. The topological polar surface area (TPSA) is 75.7 Å². The minimum absolute atomic E-state index is 0.0607. The number of ether oxygens (including phenoxy) is 1. The van der Waals surface area contributed by atoms with E-state index in [0.29, 0.717) is 0 Å². The second kappa shape index (κ2) is 9.54. The van der Waals surface area contributed by atoms with Crippen LogP contribution in [0.15, 0.2) is 51.8 Å². The third-order valence-corrected chi connectivity index (χ3v) is 6.83. The van der Waals surface area contributed by atoms with Gasteiger partial charge in [0.05, 0.1) is 19.7 Å². The molecular formula is C20H25BrN2O4S. The number of benzene rings is 2. The fraction of sp³-hybridized carbons (Fsp3) is 0.350. The molecule has 2 rings (SSSR count). The van der Waals surface area contributed by atoms with Gasteiger partial charge in [-0.25, -0.2) is 8.42 Å². The Morgan fingerprint density at radius 2 is 1.86 bits per heavy atom. The molecule has 1 atom stereocenters. The molecule has 0 aliphatic heterocycles. The Kier molecular flexibility index (Phi) is 7.63. The quantitative estimate of drug-likeness (QED) is 0.641. The van der Waals surface area contributed by atoms with Crippen molar-refractivity contribution in [3.63, 3.8) is 0 Å². The van der Waals surface area contributed by atoms with Gasteiger partial charge in [-0.1, -0.05) is 41.1 Å². The van der Waals surface area contributed by atoms with Crippen molar-refractivity contribution in [2.24, 2.45) is 0 Å². The number of nitrogens with one attached hydrogen (secondary N) is 1. The number of carbonyl (C=O) groups excluding carboxylic acids is 1. The predicted octanol–water partition coefficient (Wildman–Crippen LogP) is 3.65.